The van der Waals surface area contributed by atoms with E-state index in [1.165, 1.54) is 6.07 Å². The number of carboxylic acids is 1. The average Bonchev–Trinajstić information content (AvgIpc) is 2.44. The van der Waals surface area contributed by atoms with E-state index in [9.17, 15) is 14.7 Å². The third kappa shape index (κ3) is 4.86. The number of hydrogen-bond donors (Lipinski definition) is 2. The van der Waals surface area contributed by atoms with Crippen LogP contribution >= 0.6 is 0 Å². The zero-order valence-corrected chi connectivity index (χ0v) is 12.5. The van der Waals surface area contributed by atoms with Gasteiger partial charge in [0.25, 0.3) is 0 Å². The summed E-state index contributed by atoms with van der Waals surface area (Å²) in [6.07, 6.45) is 3.21. The summed E-state index contributed by atoms with van der Waals surface area (Å²) in [5.41, 5.74) is 1.52. The van der Waals surface area contributed by atoms with Crippen molar-refractivity contribution in [2.24, 2.45) is 0 Å². The Morgan fingerprint density at radius 1 is 1.10 bits per heavy atom. The van der Waals surface area contributed by atoms with Crippen molar-refractivity contribution in [3.63, 3.8) is 0 Å². The number of carboxylic acid groups (broad SMARTS) is 1. The minimum absolute atomic E-state index is 0.0141. The summed E-state index contributed by atoms with van der Waals surface area (Å²) in [6.45, 7) is 3.92. The van der Waals surface area contributed by atoms with Crippen molar-refractivity contribution in [3.05, 3.63) is 34.4 Å². The fourth-order valence-electron chi connectivity index (χ4n) is 2.07. The van der Waals surface area contributed by atoms with Crippen molar-refractivity contribution in [2.75, 3.05) is 13.2 Å². The maximum absolute atomic E-state index is 12.0. The number of ether oxygens (including phenoxy) is 1. The summed E-state index contributed by atoms with van der Waals surface area (Å²) in [5, 5.41) is 17.9. The first-order chi connectivity index (χ1) is 9.99. The number of aliphatic hydroxyl groups excluding tert-OH is 1. The normalized spacial score (nSPS) is 10.4. The van der Waals surface area contributed by atoms with Crippen molar-refractivity contribution >= 4 is 11.9 Å². The molecule has 2 N–H and O–H groups in total. The number of carbonyl (C=O) groups excluding carboxylic acids is 1. The number of unbranched alkanes of at least 4 members (excludes halogenated alkanes) is 3. The van der Waals surface area contributed by atoms with Gasteiger partial charge in [-0.3, -0.25) is 0 Å². The minimum atomic E-state index is -1.12. The summed E-state index contributed by atoms with van der Waals surface area (Å²) < 4.78 is 5.13. The van der Waals surface area contributed by atoms with E-state index in [-0.39, 0.29) is 24.3 Å². The number of rotatable bonds is 8. The fraction of sp³-hybridized carbons (Fsp3) is 0.500. The van der Waals surface area contributed by atoms with Crippen molar-refractivity contribution in [1.82, 2.24) is 0 Å². The van der Waals surface area contributed by atoms with E-state index in [0.29, 0.717) is 12.0 Å². The molecule has 0 radical (unpaired) electrons. The number of carbonyl (C=O) groups is 2. The molecule has 1 aromatic carbocycles. The van der Waals surface area contributed by atoms with E-state index < -0.39 is 11.9 Å². The summed E-state index contributed by atoms with van der Waals surface area (Å²) in [6, 6.07) is 3.22. The molecule has 0 atom stereocenters. The van der Waals surface area contributed by atoms with Gasteiger partial charge in [-0.2, -0.15) is 0 Å². The first-order valence-electron chi connectivity index (χ1n) is 7.10. The van der Waals surface area contributed by atoms with Crippen molar-refractivity contribution in [2.45, 2.75) is 39.5 Å². The van der Waals surface area contributed by atoms with Gasteiger partial charge in [-0.15, -0.1) is 0 Å². The van der Waals surface area contributed by atoms with E-state index in [1.807, 2.05) is 0 Å². The Bertz CT molecular complexity index is 508. The molecule has 5 heteroatoms. The molecule has 0 aliphatic heterocycles. The molecular weight excluding hydrogens is 272 g/mol. The van der Waals surface area contributed by atoms with Crippen LogP contribution in [0.1, 0.15) is 57.5 Å². The van der Waals surface area contributed by atoms with Crippen LogP contribution in [0.25, 0.3) is 0 Å². The molecule has 5 nitrogen and oxygen atoms in total. The molecule has 21 heavy (non-hydrogen) atoms. The van der Waals surface area contributed by atoms with E-state index in [0.717, 1.165) is 24.8 Å². The highest BCUT2D eigenvalue weighted by molar-refractivity contribution is 6.03. The van der Waals surface area contributed by atoms with E-state index in [2.05, 4.69) is 0 Å². The molecule has 0 bridgehead atoms. The number of esters is 1. The van der Waals surface area contributed by atoms with Crippen LogP contribution < -0.4 is 0 Å². The van der Waals surface area contributed by atoms with Gasteiger partial charge in [-0.05, 0) is 50.3 Å². The zero-order valence-electron chi connectivity index (χ0n) is 12.5. The highest BCUT2D eigenvalue weighted by atomic mass is 16.5. The second-order valence-electron chi connectivity index (χ2n) is 5.01. The predicted octanol–water partition coefficient (Wildman–Crippen LogP) is 2.71. The first-order valence-corrected chi connectivity index (χ1v) is 7.10. The predicted molar refractivity (Wildman–Crippen MR) is 78.7 cm³/mol. The molecule has 0 saturated heterocycles. The molecule has 0 saturated carbocycles. The minimum Gasteiger partial charge on any atom is -0.478 e. The van der Waals surface area contributed by atoms with Crippen LogP contribution in [0.3, 0.4) is 0 Å². The van der Waals surface area contributed by atoms with Gasteiger partial charge < -0.3 is 14.9 Å². The Labute approximate surface area is 124 Å². The molecule has 0 aliphatic rings. The Morgan fingerprint density at radius 2 is 1.76 bits per heavy atom. The van der Waals surface area contributed by atoms with Crippen LogP contribution in [0.4, 0.5) is 0 Å². The van der Waals surface area contributed by atoms with Gasteiger partial charge in [0, 0.05) is 6.61 Å². The monoisotopic (exact) mass is 294 g/mol. The number of hydrogen-bond acceptors (Lipinski definition) is 4. The fourth-order valence-corrected chi connectivity index (χ4v) is 2.07. The summed E-state index contributed by atoms with van der Waals surface area (Å²) in [7, 11) is 0. The number of benzene rings is 1. The topological polar surface area (TPSA) is 83.8 Å². The van der Waals surface area contributed by atoms with Gasteiger partial charge in [0.1, 0.15) is 0 Å². The van der Waals surface area contributed by atoms with Gasteiger partial charge >= 0.3 is 11.9 Å². The lowest BCUT2D eigenvalue weighted by Gasteiger charge is -2.11. The third-order valence-corrected chi connectivity index (χ3v) is 3.46. The Balaban J connectivity index is 2.66. The lowest BCUT2D eigenvalue weighted by molar-refractivity contribution is 0.0486. The second-order valence-corrected chi connectivity index (χ2v) is 5.01. The molecule has 0 spiro atoms. The molecular formula is C16H22O5. The average molecular weight is 294 g/mol. The van der Waals surface area contributed by atoms with Crippen LogP contribution in [-0.2, 0) is 4.74 Å². The van der Waals surface area contributed by atoms with Crippen molar-refractivity contribution in [3.8, 4) is 0 Å². The molecule has 0 aromatic heterocycles. The number of aliphatic hydroxyl groups is 1. The number of aromatic carboxylic acids is 1. The van der Waals surface area contributed by atoms with E-state index in [4.69, 9.17) is 9.84 Å². The van der Waals surface area contributed by atoms with Crippen LogP contribution in [-0.4, -0.2) is 35.4 Å². The molecule has 0 aliphatic carbocycles. The maximum Gasteiger partial charge on any atom is 0.339 e. The van der Waals surface area contributed by atoms with Gasteiger partial charge in [0.2, 0.25) is 0 Å². The Kier molecular flexibility index (Phi) is 6.88. The van der Waals surface area contributed by atoms with Crippen molar-refractivity contribution < 1.29 is 24.5 Å². The summed E-state index contributed by atoms with van der Waals surface area (Å²) in [4.78, 5) is 23.3. The first kappa shape index (κ1) is 17.2. The van der Waals surface area contributed by atoms with Crippen LogP contribution in [0.15, 0.2) is 12.1 Å². The molecule has 1 rings (SSSR count). The molecule has 0 fully saturated rings. The van der Waals surface area contributed by atoms with Gasteiger partial charge in [0.15, 0.2) is 0 Å². The van der Waals surface area contributed by atoms with Crippen LogP contribution in [0.5, 0.6) is 0 Å². The lowest BCUT2D eigenvalue weighted by Crippen LogP contribution is -2.14. The summed E-state index contributed by atoms with van der Waals surface area (Å²) in [5.74, 6) is -1.72. The number of aryl methyl sites for hydroxylation is 1. The Hall–Kier alpha value is -1.88. The van der Waals surface area contributed by atoms with Crippen LogP contribution in [0.2, 0.25) is 0 Å². The van der Waals surface area contributed by atoms with Crippen molar-refractivity contribution in [1.29, 1.82) is 0 Å². The van der Waals surface area contributed by atoms with Gasteiger partial charge in [-0.1, -0.05) is 12.5 Å². The molecule has 0 unspecified atom stereocenters. The van der Waals surface area contributed by atoms with E-state index >= 15 is 0 Å². The largest absolute Gasteiger partial charge is 0.478 e. The second kappa shape index (κ2) is 8.42. The zero-order chi connectivity index (χ0) is 15.8. The third-order valence-electron chi connectivity index (χ3n) is 3.46. The Morgan fingerprint density at radius 3 is 2.38 bits per heavy atom. The molecule has 0 heterocycles. The molecule has 116 valence electrons. The molecule has 1 aromatic rings. The molecule has 0 amide bonds. The van der Waals surface area contributed by atoms with Crippen LogP contribution in [0, 0.1) is 13.8 Å². The van der Waals surface area contributed by atoms with E-state index in [1.54, 1.807) is 19.9 Å². The van der Waals surface area contributed by atoms with Gasteiger partial charge in [0.05, 0.1) is 17.7 Å². The maximum atomic E-state index is 12.0. The quantitative estimate of drug-likeness (QED) is 0.569. The smallest absolute Gasteiger partial charge is 0.339 e. The van der Waals surface area contributed by atoms with Gasteiger partial charge in [-0.25, -0.2) is 9.59 Å². The highest BCUT2D eigenvalue weighted by Gasteiger charge is 2.20. The SMILES string of the molecule is Cc1ccc(C(=O)OCCCCCCO)c(C(=O)O)c1C. The lowest BCUT2D eigenvalue weighted by atomic mass is 9.98. The standard InChI is InChI=1S/C16H22O5/c1-11-7-8-13(14(12(11)2)15(18)19)16(20)21-10-6-4-3-5-9-17/h7-8,17H,3-6,9-10H2,1-2H3,(H,18,19). The highest BCUT2D eigenvalue weighted by Crippen LogP contribution is 2.19. The summed E-state index contributed by atoms with van der Waals surface area (Å²) >= 11 is 0.